The minimum Gasteiger partial charge on any atom is -0.309 e. The number of para-hydroxylation sites is 1. The van der Waals surface area contributed by atoms with Crippen LogP contribution in [-0.2, 0) is 5.41 Å². The predicted molar refractivity (Wildman–Crippen MR) is 225 cm³/mol. The highest BCUT2D eigenvalue weighted by Crippen LogP contribution is 2.53. The van der Waals surface area contributed by atoms with Crippen LogP contribution in [-0.4, -0.2) is 9.55 Å². The maximum absolute atomic E-state index is 5.47. The molecule has 3 aromatic heterocycles. The molecule has 11 rings (SSSR count). The van der Waals surface area contributed by atoms with E-state index < -0.39 is 0 Å². The van der Waals surface area contributed by atoms with Crippen molar-refractivity contribution >= 4 is 53.3 Å². The smallest absolute Gasteiger partial charge is 0.0744 e. The van der Waals surface area contributed by atoms with Gasteiger partial charge >= 0.3 is 0 Å². The van der Waals surface area contributed by atoms with Crippen molar-refractivity contribution in [2.75, 3.05) is 0 Å². The average Bonchev–Trinajstić information content (AvgIpc) is 3.84. The quantitative estimate of drug-likeness (QED) is 0.179. The van der Waals surface area contributed by atoms with Gasteiger partial charge in [0.1, 0.15) is 0 Å². The fraction of sp³-hybridized carbons (Fsp3) is 0.0600. The molecule has 0 radical (unpaired) electrons. The van der Waals surface area contributed by atoms with Gasteiger partial charge in [0.15, 0.2) is 0 Å². The summed E-state index contributed by atoms with van der Waals surface area (Å²) in [6.07, 6.45) is 0. The Bertz CT molecular complexity index is 3070. The molecule has 2 nitrogen and oxygen atoms in total. The topological polar surface area (TPSA) is 17.8 Å². The van der Waals surface area contributed by atoms with Gasteiger partial charge in [0.2, 0.25) is 0 Å². The first-order valence-corrected chi connectivity index (χ1v) is 19.1. The van der Waals surface area contributed by atoms with Gasteiger partial charge < -0.3 is 4.57 Å². The fourth-order valence-corrected chi connectivity index (χ4v) is 10.2. The van der Waals surface area contributed by atoms with Gasteiger partial charge in [-0.3, -0.25) is 0 Å². The molecule has 53 heavy (non-hydrogen) atoms. The number of aromatic nitrogens is 2. The van der Waals surface area contributed by atoms with Crippen LogP contribution in [0.2, 0.25) is 0 Å². The number of nitrogens with zero attached hydrogens (tertiary/aromatic N) is 2. The number of rotatable bonds is 4. The largest absolute Gasteiger partial charge is 0.309 e. The van der Waals surface area contributed by atoms with Crippen molar-refractivity contribution in [2.45, 2.75) is 19.3 Å². The average molecular weight is 695 g/mol. The van der Waals surface area contributed by atoms with Gasteiger partial charge in [-0.1, -0.05) is 153 Å². The van der Waals surface area contributed by atoms with Gasteiger partial charge in [-0.05, 0) is 63.7 Å². The van der Waals surface area contributed by atoms with Crippen LogP contribution in [0.4, 0.5) is 0 Å². The Morgan fingerprint density at radius 3 is 2.02 bits per heavy atom. The first-order chi connectivity index (χ1) is 26.0. The number of benzene rings is 7. The van der Waals surface area contributed by atoms with Gasteiger partial charge in [-0.2, -0.15) is 0 Å². The molecule has 7 aromatic carbocycles. The molecule has 0 saturated carbocycles. The van der Waals surface area contributed by atoms with E-state index in [-0.39, 0.29) is 5.41 Å². The molecule has 10 aromatic rings. The Hall–Kier alpha value is -6.29. The number of hydrogen-bond acceptors (Lipinski definition) is 2. The standard InChI is InChI=1S/C50H34N2S/c1-50(2)41-20-9-6-15-35(41)37-27-28-45-47(48(37)50)40-17-7-10-21-44(40)52(45)34-29-42(33-25-23-32(24-26-33)31-13-4-3-5-14-31)51-43(30-34)39-19-12-18-38-36-16-8-11-22-46(36)53-49(38)39/h3-30H,1-2H3. The number of thiophene rings is 1. The summed E-state index contributed by atoms with van der Waals surface area (Å²) < 4.78 is 5.04. The van der Waals surface area contributed by atoms with Gasteiger partial charge in [0, 0.05) is 47.5 Å². The summed E-state index contributed by atoms with van der Waals surface area (Å²) in [5.74, 6) is 0. The van der Waals surface area contributed by atoms with E-state index in [4.69, 9.17) is 4.98 Å². The van der Waals surface area contributed by atoms with Crippen molar-refractivity contribution in [1.29, 1.82) is 0 Å². The van der Waals surface area contributed by atoms with Crippen molar-refractivity contribution in [3.63, 3.8) is 0 Å². The Morgan fingerprint density at radius 2 is 1.15 bits per heavy atom. The highest BCUT2D eigenvalue weighted by molar-refractivity contribution is 7.26. The lowest BCUT2D eigenvalue weighted by Gasteiger charge is -2.22. The van der Waals surface area contributed by atoms with Crippen molar-refractivity contribution < 1.29 is 0 Å². The number of hydrogen-bond donors (Lipinski definition) is 0. The Balaban J connectivity index is 1.19. The maximum Gasteiger partial charge on any atom is 0.0744 e. The summed E-state index contributed by atoms with van der Waals surface area (Å²) in [5, 5.41) is 5.18. The van der Waals surface area contributed by atoms with Crippen molar-refractivity contribution in [3.8, 4) is 50.5 Å². The zero-order valence-electron chi connectivity index (χ0n) is 29.5. The molecular formula is C50H34N2S. The molecule has 0 saturated heterocycles. The second-order valence-corrected chi connectivity index (χ2v) is 15.8. The van der Waals surface area contributed by atoms with Crippen LogP contribution in [0.25, 0.3) is 92.4 Å². The molecule has 0 aliphatic heterocycles. The molecule has 1 aliphatic rings. The Morgan fingerprint density at radius 1 is 0.491 bits per heavy atom. The molecule has 0 spiro atoms. The molecule has 250 valence electrons. The summed E-state index contributed by atoms with van der Waals surface area (Å²) in [6.45, 7) is 4.77. The molecule has 0 fully saturated rings. The number of pyridine rings is 1. The molecule has 0 atom stereocenters. The highest BCUT2D eigenvalue weighted by atomic mass is 32.1. The third kappa shape index (κ3) is 4.47. The number of fused-ring (bicyclic) bond motifs is 10. The maximum atomic E-state index is 5.47. The molecule has 3 heterocycles. The molecule has 0 N–H and O–H groups in total. The molecule has 0 amide bonds. The summed E-state index contributed by atoms with van der Waals surface area (Å²) >= 11 is 1.85. The lowest BCUT2D eigenvalue weighted by Crippen LogP contribution is -2.15. The van der Waals surface area contributed by atoms with E-state index in [1.54, 1.807) is 0 Å². The van der Waals surface area contributed by atoms with Gasteiger partial charge in [-0.25, -0.2) is 4.98 Å². The van der Waals surface area contributed by atoms with Crippen LogP contribution < -0.4 is 0 Å². The van der Waals surface area contributed by atoms with E-state index in [9.17, 15) is 0 Å². The molecular weight excluding hydrogens is 661 g/mol. The third-order valence-electron chi connectivity index (χ3n) is 11.4. The van der Waals surface area contributed by atoms with Crippen LogP contribution in [0.15, 0.2) is 170 Å². The Labute approximate surface area is 312 Å². The van der Waals surface area contributed by atoms with Crippen LogP contribution in [0.5, 0.6) is 0 Å². The van der Waals surface area contributed by atoms with Gasteiger partial charge in [0.25, 0.3) is 0 Å². The van der Waals surface area contributed by atoms with Crippen LogP contribution in [0.3, 0.4) is 0 Å². The van der Waals surface area contributed by atoms with Gasteiger partial charge in [0.05, 0.1) is 28.1 Å². The SMILES string of the molecule is CC1(C)c2ccccc2-c2ccc3c(c21)c1ccccc1n3-c1cc(-c2ccc(-c3ccccc3)cc2)nc(-c2cccc3c2sc2ccccc23)c1. The lowest BCUT2D eigenvalue weighted by molar-refractivity contribution is 0.666. The third-order valence-corrected chi connectivity index (χ3v) is 12.6. The van der Waals surface area contributed by atoms with Crippen molar-refractivity contribution in [3.05, 3.63) is 181 Å². The van der Waals surface area contributed by atoms with E-state index in [2.05, 4.69) is 188 Å². The first-order valence-electron chi connectivity index (χ1n) is 18.3. The summed E-state index contributed by atoms with van der Waals surface area (Å²) in [7, 11) is 0. The van der Waals surface area contributed by atoms with Crippen molar-refractivity contribution in [2.24, 2.45) is 0 Å². The monoisotopic (exact) mass is 694 g/mol. The van der Waals surface area contributed by atoms with Gasteiger partial charge in [-0.15, -0.1) is 11.3 Å². The second-order valence-electron chi connectivity index (χ2n) is 14.7. The summed E-state index contributed by atoms with van der Waals surface area (Å²) in [5.41, 5.74) is 15.5. The minimum atomic E-state index is -0.133. The van der Waals surface area contributed by atoms with E-state index in [1.807, 2.05) is 11.3 Å². The minimum absolute atomic E-state index is 0.133. The van der Waals surface area contributed by atoms with Crippen LogP contribution >= 0.6 is 11.3 Å². The zero-order chi connectivity index (χ0) is 35.3. The van der Waals surface area contributed by atoms with Crippen molar-refractivity contribution in [1.82, 2.24) is 9.55 Å². The highest BCUT2D eigenvalue weighted by Gasteiger charge is 2.38. The van der Waals surface area contributed by atoms with E-state index in [1.165, 1.54) is 75.4 Å². The summed E-state index contributed by atoms with van der Waals surface area (Å²) in [4.78, 5) is 5.47. The zero-order valence-corrected chi connectivity index (χ0v) is 30.3. The normalized spacial score (nSPS) is 13.2. The van der Waals surface area contributed by atoms with E-state index >= 15 is 0 Å². The predicted octanol–water partition coefficient (Wildman–Crippen LogP) is 13.9. The fourth-order valence-electron chi connectivity index (χ4n) is 8.95. The first kappa shape index (κ1) is 30.3. The van der Waals surface area contributed by atoms with Crippen LogP contribution in [0.1, 0.15) is 25.0 Å². The summed E-state index contributed by atoms with van der Waals surface area (Å²) in [6, 6.07) is 62.0. The molecule has 3 heteroatoms. The lowest BCUT2D eigenvalue weighted by atomic mass is 9.80. The molecule has 0 bridgehead atoms. The Kier molecular flexibility index (Phi) is 6.50. The molecule has 1 aliphatic carbocycles. The second kappa shape index (κ2) is 11.4. The molecule has 0 unspecified atom stereocenters. The van der Waals surface area contributed by atoms with E-state index in [0.29, 0.717) is 0 Å². The van der Waals surface area contributed by atoms with Crippen LogP contribution in [0, 0.1) is 0 Å². The van der Waals surface area contributed by atoms with E-state index in [0.717, 1.165) is 28.2 Å².